The van der Waals surface area contributed by atoms with Gasteiger partial charge in [0.15, 0.2) is 0 Å². The van der Waals surface area contributed by atoms with Gasteiger partial charge in [0.1, 0.15) is 0 Å². The molecule has 2 heteroatoms. The van der Waals surface area contributed by atoms with E-state index < -0.39 is 0 Å². The summed E-state index contributed by atoms with van der Waals surface area (Å²) >= 11 is 0. The van der Waals surface area contributed by atoms with Crippen molar-refractivity contribution < 1.29 is 0 Å². The second-order valence-electron chi connectivity index (χ2n) is 13.8. The van der Waals surface area contributed by atoms with Crippen LogP contribution in [0.25, 0.3) is 71.6 Å². The summed E-state index contributed by atoms with van der Waals surface area (Å²) in [6.45, 7) is 0. The summed E-state index contributed by atoms with van der Waals surface area (Å²) in [4.78, 5) is 2.39. The second-order valence-corrected chi connectivity index (χ2v) is 13.8. The van der Waals surface area contributed by atoms with Crippen LogP contribution in [-0.4, -0.2) is 4.57 Å². The van der Waals surface area contributed by atoms with E-state index in [9.17, 15) is 0 Å². The molecule has 0 fully saturated rings. The van der Waals surface area contributed by atoms with Gasteiger partial charge in [-0.15, -0.1) is 0 Å². The zero-order valence-corrected chi connectivity index (χ0v) is 29.7. The van der Waals surface area contributed by atoms with E-state index in [1.807, 2.05) is 0 Å². The zero-order valence-electron chi connectivity index (χ0n) is 29.7. The van der Waals surface area contributed by atoms with Crippen molar-refractivity contribution in [3.63, 3.8) is 0 Å². The lowest BCUT2D eigenvalue weighted by atomic mass is 10.00. The van der Waals surface area contributed by atoms with Gasteiger partial charge in [0.25, 0.3) is 0 Å². The number of para-hydroxylation sites is 2. The van der Waals surface area contributed by atoms with Crippen molar-refractivity contribution in [1.82, 2.24) is 4.57 Å². The van der Waals surface area contributed by atoms with Gasteiger partial charge in [-0.1, -0.05) is 158 Å². The molecule has 0 N–H and O–H groups in total. The van der Waals surface area contributed by atoms with E-state index in [1.165, 1.54) is 54.8 Å². The van der Waals surface area contributed by atoms with Gasteiger partial charge in [0.2, 0.25) is 0 Å². The number of aromatic nitrogens is 1. The van der Waals surface area contributed by atoms with Crippen molar-refractivity contribution in [2.75, 3.05) is 4.90 Å². The Bertz CT molecular complexity index is 2820. The third-order valence-electron chi connectivity index (χ3n) is 10.6. The van der Waals surface area contributed by atoms with Crippen molar-refractivity contribution in [3.05, 3.63) is 218 Å². The summed E-state index contributed by atoms with van der Waals surface area (Å²) in [5, 5.41) is 5.01. The number of benzene rings is 9. The van der Waals surface area contributed by atoms with Crippen LogP contribution >= 0.6 is 0 Å². The van der Waals surface area contributed by atoms with Crippen molar-refractivity contribution in [3.8, 4) is 39.1 Å². The van der Waals surface area contributed by atoms with E-state index in [1.54, 1.807) is 0 Å². The maximum Gasteiger partial charge on any atom is 0.0547 e. The molecule has 0 unspecified atom stereocenters. The van der Waals surface area contributed by atoms with E-state index in [2.05, 4.69) is 228 Å². The number of nitrogens with zero attached hydrogens (tertiary/aromatic N) is 2. The lowest BCUT2D eigenvalue weighted by Gasteiger charge is -2.28. The van der Waals surface area contributed by atoms with Crippen LogP contribution in [0, 0.1) is 0 Å². The highest BCUT2D eigenvalue weighted by Gasteiger charge is 2.19. The Kier molecular flexibility index (Phi) is 7.85. The monoisotopic (exact) mass is 688 g/mol. The average Bonchev–Trinajstić information content (AvgIpc) is 3.57. The molecule has 0 aliphatic rings. The predicted molar refractivity (Wildman–Crippen MR) is 229 cm³/mol. The zero-order chi connectivity index (χ0) is 35.8. The fraction of sp³-hybridized carbons (Fsp3) is 0. The number of hydrogen-bond acceptors (Lipinski definition) is 1. The summed E-state index contributed by atoms with van der Waals surface area (Å²) in [7, 11) is 0. The van der Waals surface area contributed by atoms with Gasteiger partial charge in [-0.25, -0.2) is 0 Å². The van der Waals surface area contributed by atoms with Crippen LogP contribution in [0.1, 0.15) is 0 Å². The fourth-order valence-electron chi connectivity index (χ4n) is 7.95. The number of anilines is 3. The molecule has 1 aromatic heterocycles. The van der Waals surface area contributed by atoms with Crippen molar-refractivity contribution >= 4 is 49.6 Å². The first kappa shape index (κ1) is 31.6. The van der Waals surface area contributed by atoms with Gasteiger partial charge in [-0.3, -0.25) is 0 Å². The molecule has 0 atom stereocenters. The molecule has 0 aliphatic heterocycles. The van der Waals surface area contributed by atoms with Crippen LogP contribution < -0.4 is 4.90 Å². The Morgan fingerprint density at radius 3 is 1.50 bits per heavy atom. The highest BCUT2D eigenvalue weighted by Crippen LogP contribution is 2.43. The average molecular weight is 689 g/mol. The maximum absolute atomic E-state index is 2.42. The molecule has 1 heterocycles. The normalized spacial score (nSPS) is 11.3. The molecule has 0 amide bonds. The molecule has 254 valence electrons. The predicted octanol–water partition coefficient (Wildman–Crippen LogP) is 14.4. The topological polar surface area (TPSA) is 8.17 Å². The summed E-state index contributed by atoms with van der Waals surface area (Å²) in [5.41, 5.74) is 14.0. The number of hydrogen-bond donors (Lipinski definition) is 0. The quantitative estimate of drug-likeness (QED) is 0.162. The molecule has 2 nitrogen and oxygen atoms in total. The van der Waals surface area contributed by atoms with Crippen LogP contribution in [0.2, 0.25) is 0 Å². The van der Waals surface area contributed by atoms with Crippen molar-refractivity contribution in [2.24, 2.45) is 0 Å². The van der Waals surface area contributed by atoms with E-state index in [4.69, 9.17) is 0 Å². The summed E-state index contributed by atoms with van der Waals surface area (Å²) in [6.07, 6.45) is 0. The van der Waals surface area contributed by atoms with Gasteiger partial charge < -0.3 is 9.47 Å². The Hall–Kier alpha value is -7.16. The molecule has 9 aromatic carbocycles. The summed E-state index contributed by atoms with van der Waals surface area (Å²) in [6, 6.07) is 78.9. The van der Waals surface area contributed by atoms with E-state index >= 15 is 0 Å². The van der Waals surface area contributed by atoms with Crippen LogP contribution in [0.5, 0.6) is 0 Å². The molecule has 10 aromatic rings. The Morgan fingerprint density at radius 2 is 0.833 bits per heavy atom. The minimum absolute atomic E-state index is 1.10. The second kappa shape index (κ2) is 13.4. The number of fused-ring (bicyclic) bond motifs is 4. The fourth-order valence-corrected chi connectivity index (χ4v) is 7.95. The minimum atomic E-state index is 1.10. The SMILES string of the molecule is c1ccc(-c2ccc(N(c3ccc(-c4ccccc4)cc3)c3ccccc3-c3cccc(-n4c5ccccc5c5cc6ccccc6cc54)c3)cc2)cc1. The number of rotatable bonds is 7. The van der Waals surface area contributed by atoms with Crippen molar-refractivity contribution in [2.45, 2.75) is 0 Å². The van der Waals surface area contributed by atoms with E-state index in [-0.39, 0.29) is 0 Å². The lowest BCUT2D eigenvalue weighted by molar-refractivity contribution is 1.18. The largest absolute Gasteiger partial charge is 0.310 e. The molecular weight excluding hydrogens is 653 g/mol. The first-order chi connectivity index (χ1) is 26.8. The van der Waals surface area contributed by atoms with E-state index in [0.29, 0.717) is 0 Å². The van der Waals surface area contributed by atoms with Gasteiger partial charge in [-0.05, 0) is 99.3 Å². The molecule has 0 radical (unpaired) electrons. The van der Waals surface area contributed by atoms with Crippen LogP contribution in [-0.2, 0) is 0 Å². The lowest BCUT2D eigenvalue weighted by Crippen LogP contribution is -2.11. The van der Waals surface area contributed by atoms with E-state index in [0.717, 1.165) is 33.9 Å². The third-order valence-corrected chi connectivity index (χ3v) is 10.6. The molecule has 10 rings (SSSR count). The maximum atomic E-state index is 2.42. The highest BCUT2D eigenvalue weighted by molar-refractivity contribution is 6.13. The van der Waals surface area contributed by atoms with Gasteiger partial charge in [0.05, 0.1) is 16.7 Å². The van der Waals surface area contributed by atoms with Gasteiger partial charge in [-0.2, -0.15) is 0 Å². The summed E-state index contributed by atoms with van der Waals surface area (Å²) in [5.74, 6) is 0. The van der Waals surface area contributed by atoms with Crippen LogP contribution in [0.3, 0.4) is 0 Å². The first-order valence-corrected chi connectivity index (χ1v) is 18.5. The molecule has 0 aliphatic carbocycles. The molecule has 0 saturated heterocycles. The molecule has 0 spiro atoms. The van der Waals surface area contributed by atoms with Gasteiger partial charge in [0, 0.05) is 33.4 Å². The Labute approximate surface area is 315 Å². The molecule has 0 bridgehead atoms. The minimum Gasteiger partial charge on any atom is -0.310 e. The van der Waals surface area contributed by atoms with Crippen molar-refractivity contribution in [1.29, 1.82) is 0 Å². The van der Waals surface area contributed by atoms with Crippen LogP contribution in [0.15, 0.2) is 218 Å². The Balaban J connectivity index is 1.13. The first-order valence-electron chi connectivity index (χ1n) is 18.5. The highest BCUT2D eigenvalue weighted by atomic mass is 15.1. The smallest absolute Gasteiger partial charge is 0.0547 e. The standard InChI is InChI=1S/C52H36N2/c1-3-14-37(15-4-1)39-26-30-44(31-27-39)53(45-32-28-40(29-33-45)38-16-5-2-6-17-38)50-24-11-9-22-47(50)43-20-13-21-46(34-43)54-51-25-12-10-23-48(51)49-35-41-18-7-8-19-42(41)36-52(49)54/h1-36H. The summed E-state index contributed by atoms with van der Waals surface area (Å²) < 4.78 is 2.42. The molecule has 54 heavy (non-hydrogen) atoms. The van der Waals surface area contributed by atoms with Crippen LogP contribution in [0.4, 0.5) is 17.1 Å². The molecule has 0 saturated carbocycles. The third kappa shape index (κ3) is 5.62. The van der Waals surface area contributed by atoms with Gasteiger partial charge >= 0.3 is 0 Å². The molecular formula is C52H36N2. The Morgan fingerprint density at radius 1 is 0.315 bits per heavy atom.